The van der Waals surface area contributed by atoms with Gasteiger partial charge < -0.3 is 14.6 Å². The zero-order valence-electron chi connectivity index (χ0n) is 14.2. The number of ether oxygens (including phenoxy) is 2. The molecule has 25 heavy (non-hydrogen) atoms. The molecule has 0 bridgehead atoms. The normalized spacial score (nSPS) is 10.6. The molecule has 0 aliphatic carbocycles. The van der Waals surface area contributed by atoms with Gasteiger partial charge in [0.2, 0.25) is 0 Å². The van der Waals surface area contributed by atoms with Gasteiger partial charge in [0.1, 0.15) is 0 Å². The van der Waals surface area contributed by atoms with Crippen molar-refractivity contribution in [3.8, 4) is 22.8 Å². The summed E-state index contributed by atoms with van der Waals surface area (Å²) < 4.78 is 10.8. The highest BCUT2D eigenvalue weighted by Crippen LogP contribution is 2.37. The van der Waals surface area contributed by atoms with Crippen LogP contribution in [0.25, 0.3) is 22.2 Å². The van der Waals surface area contributed by atoms with Gasteiger partial charge in [0, 0.05) is 17.4 Å². The van der Waals surface area contributed by atoms with E-state index >= 15 is 0 Å². The van der Waals surface area contributed by atoms with Crippen molar-refractivity contribution in [2.75, 3.05) is 14.2 Å². The summed E-state index contributed by atoms with van der Waals surface area (Å²) in [6.07, 6.45) is 0.634. The Balaban J connectivity index is 1.99. The molecule has 5 nitrogen and oxygen atoms in total. The summed E-state index contributed by atoms with van der Waals surface area (Å²) in [4.78, 5) is 15.4. The summed E-state index contributed by atoms with van der Waals surface area (Å²) in [6, 6.07) is 15.4. The number of hydrogen-bond donors (Lipinski definition) is 1. The number of fused-ring (bicyclic) bond motifs is 1. The van der Waals surface area contributed by atoms with Crippen molar-refractivity contribution in [1.82, 2.24) is 4.98 Å². The van der Waals surface area contributed by atoms with Crippen molar-refractivity contribution in [2.45, 2.75) is 12.8 Å². The molecule has 0 saturated carbocycles. The number of pyridine rings is 1. The minimum absolute atomic E-state index is 0.123. The minimum atomic E-state index is -0.793. The van der Waals surface area contributed by atoms with Gasteiger partial charge in [-0.2, -0.15) is 0 Å². The van der Waals surface area contributed by atoms with Crippen molar-refractivity contribution in [3.63, 3.8) is 0 Å². The molecule has 0 saturated heterocycles. The molecule has 0 spiro atoms. The summed E-state index contributed by atoms with van der Waals surface area (Å²) in [6.45, 7) is 0. The Morgan fingerprint density at radius 2 is 1.92 bits per heavy atom. The van der Waals surface area contributed by atoms with Crippen LogP contribution in [0.4, 0.5) is 0 Å². The maximum Gasteiger partial charge on any atom is 0.303 e. The maximum absolute atomic E-state index is 10.7. The molecule has 128 valence electrons. The van der Waals surface area contributed by atoms with Crippen LogP contribution in [0.1, 0.15) is 12.0 Å². The number of aliphatic carboxylic acids is 1. The van der Waals surface area contributed by atoms with Crippen molar-refractivity contribution in [2.24, 2.45) is 0 Å². The van der Waals surface area contributed by atoms with Crippen LogP contribution in [-0.2, 0) is 11.2 Å². The van der Waals surface area contributed by atoms with Crippen LogP contribution >= 0.6 is 0 Å². The minimum Gasteiger partial charge on any atom is -0.493 e. The van der Waals surface area contributed by atoms with E-state index in [2.05, 4.69) is 0 Å². The molecular weight excluding hydrogens is 318 g/mol. The molecule has 2 aromatic carbocycles. The molecule has 0 unspecified atom stereocenters. The highest BCUT2D eigenvalue weighted by molar-refractivity contribution is 5.83. The molecule has 3 aromatic rings. The van der Waals surface area contributed by atoms with E-state index in [1.165, 1.54) is 0 Å². The number of para-hydroxylation sites is 1. The van der Waals surface area contributed by atoms with Gasteiger partial charge >= 0.3 is 5.97 Å². The lowest BCUT2D eigenvalue weighted by Crippen LogP contribution is -1.97. The van der Waals surface area contributed by atoms with Gasteiger partial charge in [-0.1, -0.05) is 18.2 Å². The first-order valence-corrected chi connectivity index (χ1v) is 7.95. The largest absolute Gasteiger partial charge is 0.493 e. The first-order chi connectivity index (χ1) is 12.1. The van der Waals surface area contributed by atoms with E-state index in [0.29, 0.717) is 17.9 Å². The highest BCUT2D eigenvalue weighted by atomic mass is 16.5. The van der Waals surface area contributed by atoms with E-state index in [1.807, 2.05) is 48.5 Å². The van der Waals surface area contributed by atoms with Gasteiger partial charge in [0.25, 0.3) is 0 Å². The molecule has 0 aliphatic heterocycles. The summed E-state index contributed by atoms with van der Waals surface area (Å²) in [5.41, 5.74) is 3.49. The Labute approximate surface area is 145 Å². The SMILES string of the molecule is COc1cccc(-c2ccc3cc(CCC(=O)O)ccc3n2)c1OC. The standard InChI is InChI=1S/C20H19NO4/c1-24-18-5-3-4-15(20(18)25-2)17-10-8-14-12-13(7-11-19(22)23)6-9-16(14)21-17/h3-6,8-10,12H,7,11H2,1-2H3,(H,22,23). The van der Waals surface area contributed by atoms with Crippen LogP contribution in [-0.4, -0.2) is 30.3 Å². The lowest BCUT2D eigenvalue weighted by Gasteiger charge is -2.12. The number of rotatable bonds is 6. The Kier molecular flexibility index (Phi) is 4.84. The third-order valence-electron chi connectivity index (χ3n) is 4.06. The molecule has 3 rings (SSSR count). The monoisotopic (exact) mass is 337 g/mol. The average molecular weight is 337 g/mol. The van der Waals surface area contributed by atoms with Crippen LogP contribution in [0.3, 0.4) is 0 Å². The number of benzene rings is 2. The van der Waals surface area contributed by atoms with Gasteiger partial charge in [0.05, 0.1) is 25.4 Å². The summed E-state index contributed by atoms with van der Waals surface area (Å²) in [5, 5.41) is 9.79. The zero-order chi connectivity index (χ0) is 17.8. The number of carboxylic acid groups (broad SMARTS) is 1. The summed E-state index contributed by atoms with van der Waals surface area (Å²) >= 11 is 0. The molecule has 1 aromatic heterocycles. The van der Waals surface area contributed by atoms with Gasteiger partial charge in [-0.15, -0.1) is 0 Å². The van der Waals surface area contributed by atoms with Gasteiger partial charge in [0.15, 0.2) is 11.5 Å². The third kappa shape index (κ3) is 3.55. The quantitative estimate of drug-likeness (QED) is 0.738. The molecule has 0 fully saturated rings. The van der Waals surface area contributed by atoms with Crippen LogP contribution in [0.5, 0.6) is 11.5 Å². The molecule has 5 heteroatoms. The first kappa shape index (κ1) is 16.8. The predicted octanol–water partition coefficient (Wildman–Crippen LogP) is 3.94. The van der Waals surface area contributed by atoms with Gasteiger partial charge in [-0.05, 0) is 42.3 Å². The maximum atomic E-state index is 10.7. The lowest BCUT2D eigenvalue weighted by atomic mass is 10.0. The zero-order valence-corrected chi connectivity index (χ0v) is 14.2. The smallest absolute Gasteiger partial charge is 0.303 e. The third-order valence-corrected chi connectivity index (χ3v) is 4.06. The number of hydrogen-bond acceptors (Lipinski definition) is 4. The van der Waals surface area contributed by atoms with Crippen molar-refractivity contribution in [3.05, 3.63) is 54.1 Å². The van der Waals surface area contributed by atoms with Crippen LogP contribution in [0, 0.1) is 0 Å². The van der Waals surface area contributed by atoms with Crippen molar-refractivity contribution in [1.29, 1.82) is 0 Å². The average Bonchev–Trinajstić information content (AvgIpc) is 2.64. The number of carbonyl (C=O) groups is 1. The van der Waals surface area contributed by atoms with Crippen molar-refractivity contribution < 1.29 is 19.4 Å². The van der Waals surface area contributed by atoms with E-state index in [-0.39, 0.29) is 6.42 Å². The Morgan fingerprint density at radius 3 is 2.64 bits per heavy atom. The topological polar surface area (TPSA) is 68.7 Å². The van der Waals surface area contributed by atoms with E-state index in [0.717, 1.165) is 27.7 Å². The first-order valence-electron chi connectivity index (χ1n) is 7.95. The van der Waals surface area contributed by atoms with E-state index in [1.54, 1.807) is 14.2 Å². The summed E-state index contributed by atoms with van der Waals surface area (Å²) in [5.74, 6) is 0.513. The molecule has 1 heterocycles. The number of aromatic nitrogens is 1. The van der Waals surface area contributed by atoms with E-state index in [4.69, 9.17) is 19.6 Å². The van der Waals surface area contributed by atoms with Crippen LogP contribution < -0.4 is 9.47 Å². The molecule has 0 radical (unpaired) electrons. The van der Waals surface area contributed by atoms with E-state index < -0.39 is 5.97 Å². The molecule has 0 amide bonds. The highest BCUT2D eigenvalue weighted by Gasteiger charge is 2.13. The Morgan fingerprint density at radius 1 is 1.08 bits per heavy atom. The van der Waals surface area contributed by atoms with Gasteiger partial charge in [-0.3, -0.25) is 4.79 Å². The van der Waals surface area contributed by atoms with E-state index in [9.17, 15) is 4.79 Å². The second-order valence-corrected chi connectivity index (χ2v) is 5.66. The molecule has 0 atom stereocenters. The second-order valence-electron chi connectivity index (χ2n) is 5.66. The van der Waals surface area contributed by atoms with Crippen LogP contribution in [0.15, 0.2) is 48.5 Å². The predicted molar refractivity (Wildman–Crippen MR) is 96.2 cm³/mol. The van der Waals surface area contributed by atoms with Gasteiger partial charge in [-0.25, -0.2) is 4.98 Å². The molecular formula is C20H19NO4. The second kappa shape index (κ2) is 7.21. The van der Waals surface area contributed by atoms with Crippen LogP contribution in [0.2, 0.25) is 0 Å². The van der Waals surface area contributed by atoms with Crippen molar-refractivity contribution >= 4 is 16.9 Å². The number of nitrogens with zero attached hydrogens (tertiary/aromatic N) is 1. The molecule has 1 N–H and O–H groups in total. The number of carboxylic acids is 1. The molecule has 0 aliphatic rings. The Bertz CT molecular complexity index is 921. The Hall–Kier alpha value is -3.08. The number of methoxy groups -OCH3 is 2. The lowest BCUT2D eigenvalue weighted by molar-refractivity contribution is -0.136. The number of aryl methyl sites for hydroxylation is 1. The fourth-order valence-corrected chi connectivity index (χ4v) is 2.82. The fraction of sp³-hybridized carbons (Fsp3) is 0.200. The summed E-state index contributed by atoms with van der Waals surface area (Å²) in [7, 11) is 3.21. The fourth-order valence-electron chi connectivity index (χ4n) is 2.82.